The highest BCUT2D eigenvalue weighted by Gasteiger charge is 1.99. The third-order valence-corrected chi connectivity index (χ3v) is 2.76. The lowest BCUT2D eigenvalue weighted by atomic mass is 10.2. The molecule has 0 spiro atoms. The Morgan fingerprint density at radius 1 is 1.44 bits per heavy atom. The van der Waals surface area contributed by atoms with E-state index in [0.717, 1.165) is 17.5 Å². The first-order chi connectivity index (χ1) is 7.67. The number of rotatable bonds is 5. The van der Waals surface area contributed by atoms with Gasteiger partial charge in [0.2, 0.25) is 0 Å². The number of nitrogens with two attached hydrogens (primary N) is 1. The number of hydrogen-bond acceptors (Lipinski definition) is 4. The average molecular weight is 332 g/mol. The number of halogens is 1. The summed E-state index contributed by atoms with van der Waals surface area (Å²) < 4.78 is 10.9. The van der Waals surface area contributed by atoms with Crippen LogP contribution in [-0.2, 0) is 11.3 Å². The zero-order chi connectivity index (χ0) is 12.0. The molecule has 0 aliphatic rings. The van der Waals surface area contributed by atoms with Gasteiger partial charge in [-0.05, 0) is 40.3 Å². The largest absolute Gasteiger partial charge is 0.497 e. The lowest BCUT2D eigenvalue weighted by Gasteiger charge is -2.07. The molecule has 0 fully saturated rings. The molecule has 1 aromatic carbocycles. The molecule has 1 aromatic rings. The average Bonchev–Trinajstić information content (AvgIpc) is 2.35. The summed E-state index contributed by atoms with van der Waals surface area (Å²) in [4.78, 5) is 0. The van der Waals surface area contributed by atoms with Crippen LogP contribution in [0.4, 0.5) is 0 Å². The minimum absolute atomic E-state index is 0.270. The highest BCUT2D eigenvalue weighted by atomic mass is 127. The van der Waals surface area contributed by atoms with E-state index < -0.39 is 0 Å². The van der Waals surface area contributed by atoms with Crippen LogP contribution in [0.25, 0.3) is 0 Å². The minimum Gasteiger partial charge on any atom is -0.497 e. The van der Waals surface area contributed by atoms with Crippen molar-refractivity contribution in [2.75, 3.05) is 7.11 Å². The fourth-order valence-corrected chi connectivity index (χ4v) is 1.18. The van der Waals surface area contributed by atoms with Gasteiger partial charge < -0.3 is 20.6 Å². The summed E-state index contributed by atoms with van der Waals surface area (Å²) in [5.41, 5.74) is 6.60. The summed E-state index contributed by atoms with van der Waals surface area (Å²) in [6.45, 7) is 0.385. The molecule has 0 aromatic heterocycles. The Hall–Kier alpha value is -1.24. The van der Waals surface area contributed by atoms with Crippen LogP contribution in [0, 0.1) is 5.41 Å². The molecule has 0 bridgehead atoms. The Bertz CT molecular complexity index is 387. The van der Waals surface area contributed by atoms with E-state index in [0.29, 0.717) is 10.2 Å². The number of benzene rings is 1. The second kappa shape index (κ2) is 6.37. The van der Waals surface area contributed by atoms with Gasteiger partial charge in [0.1, 0.15) is 12.4 Å². The molecule has 0 amide bonds. The Morgan fingerprint density at radius 3 is 2.56 bits per heavy atom. The molecule has 0 saturated carbocycles. The predicted octanol–water partition coefficient (Wildman–Crippen LogP) is 2.42. The smallest absolute Gasteiger partial charge is 0.199 e. The van der Waals surface area contributed by atoms with Gasteiger partial charge in [-0.3, -0.25) is 0 Å². The number of allylic oxidation sites excluding steroid dienone is 1. The van der Waals surface area contributed by atoms with Gasteiger partial charge in [-0.1, -0.05) is 12.1 Å². The second-order valence-electron chi connectivity index (χ2n) is 2.99. The highest BCUT2D eigenvalue weighted by Crippen LogP contribution is 2.14. The summed E-state index contributed by atoms with van der Waals surface area (Å²) in [6.07, 6.45) is 1.16. The summed E-state index contributed by atoms with van der Waals surface area (Å²) >= 11 is 1.95. The first-order valence-corrected chi connectivity index (χ1v) is 5.66. The van der Waals surface area contributed by atoms with Crippen LogP contribution < -0.4 is 10.5 Å². The van der Waals surface area contributed by atoms with Crippen molar-refractivity contribution < 1.29 is 9.47 Å². The van der Waals surface area contributed by atoms with Crippen LogP contribution in [0.1, 0.15) is 5.56 Å². The Kier molecular flexibility index (Phi) is 5.10. The molecule has 0 unspecified atom stereocenters. The lowest BCUT2D eigenvalue weighted by Crippen LogP contribution is -2.05. The van der Waals surface area contributed by atoms with Crippen molar-refractivity contribution in [1.29, 1.82) is 5.41 Å². The van der Waals surface area contributed by atoms with Gasteiger partial charge in [0.15, 0.2) is 5.88 Å². The molecule has 1 rings (SSSR count). The maximum absolute atomic E-state index is 7.01. The molecule has 0 saturated heterocycles. The van der Waals surface area contributed by atoms with Gasteiger partial charge in [0, 0.05) is 6.21 Å². The molecular formula is C11H13IN2O2. The van der Waals surface area contributed by atoms with Crippen molar-refractivity contribution in [3.05, 3.63) is 39.3 Å². The summed E-state index contributed by atoms with van der Waals surface area (Å²) in [7, 11) is 1.62. The molecule has 0 aliphatic carbocycles. The van der Waals surface area contributed by atoms with E-state index >= 15 is 0 Å². The minimum atomic E-state index is 0.270. The van der Waals surface area contributed by atoms with Crippen molar-refractivity contribution in [2.24, 2.45) is 5.73 Å². The fourth-order valence-electron chi connectivity index (χ4n) is 1.02. The van der Waals surface area contributed by atoms with Crippen molar-refractivity contribution in [3.63, 3.8) is 0 Å². The van der Waals surface area contributed by atoms with Crippen molar-refractivity contribution in [1.82, 2.24) is 0 Å². The number of methoxy groups -OCH3 is 1. The van der Waals surface area contributed by atoms with Crippen LogP contribution in [0.5, 0.6) is 5.75 Å². The van der Waals surface area contributed by atoms with E-state index in [1.807, 2.05) is 46.9 Å². The summed E-state index contributed by atoms with van der Waals surface area (Å²) in [6, 6.07) is 7.53. The van der Waals surface area contributed by atoms with E-state index in [2.05, 4.69) is 0 Å². The van der Waals surface area contributed by atoms with Gasteiger partial charge in [-0.25, -0.2) is 0 Å². The molecule has 0 atom stereocenters. The standard InChI is InChI=1S/C11H13IN2O2/c1-15-9-4-2-8(3-5-9)7-16-11(14)10(12)6-13/h2-6,13H,7,14H2,1H3. The Balaban J connectivity index is 2.58. The maximum atomic E-state index is 7.01. The van der Waals surface area contributed by atoms with Gasteiger partial charge in [0.25, 0.3) is 0 Å². The van der Waals surface area contributed by atoms with Crippen LogP contribution >= 0.6 is 22.6 Å². The highest BCUT2D eigenvalue weighted by molar-refractivity contribution is 14.1. The van der Waals surface area contributed by atoms with Gasteiger partial charge in [-0.15, -0.1) is 0 Å². The van der Waals surface area contributed by atoms with Crippen molar-refractivity contribution >= 4 is 28.8 Å². The van der Waals surface area contributed by atoms with E-state index in [-0.39, 0.29) is 5.88 Å². The topological polar surface area (TPSA) is 68.3 Å². The number of hydrogen-bond donors (Lipinski definition) is 2. The SMILES string of the molecule is COc1ccc(COC(N)=C(I)C=N)cc1. The maximum Gasteiger partial charge on any atom is 0.199 e. The number of nitrogens with one attached hydrogen (secondary N) is 1. The fraction of sp³-hybridized carbons (Fsp3) is 0.182. The van der Waals surface area contributed by atoms with E-state index in [4.69, 9.17) is 20.6 Å². The first kappa shape index (κ1) is 12.8. The Morgan fingerprint density at radius 2 is 2.06 bits per heavy atom. The van der Waals surface area contributed by atoms with Crippen LogP contribution in [0.15, 0.2) is 33.7 Å². The zero-order valence-electron chi connectivity index (χ0n) is 8.87. The zero-order valence-corrected chi connectivity index (χ0v) is 11.0. The predicted molar refractivity (Wildman–Crippen MR) is 71.8 cm³/mol. The monoisotopic (exact) mass is 332 g/mol. The lowest BCUT2D eigenvalue weighted by molar-refractivity contribution is 0.196. The number of ether oxygens (including phenoxy) is 2. The molecule has 3 N–H and O–H groups in total. The first-order valence-electron chi connectivity index (χ1n) is 4.59. The van der Waals surface area contributed by atoms with E-state index in [9.17, 15) is 0 Å². The van der Waals surface area contributed by atoms with Gasteiger partial charge in [-0.2, -0.15) is 0 Å². The molecule has 4 nitrogen and oxygen atoms in total. The van der Waals surface area contributed by atoms with E-state index in [1.54, 1.807) is 7.11 Å². The molecule has 86 valence electrons. The normalized spacial score (nSPS) is 11.6. The van der Waals surface area contributed by atoms with Crippen LogP contribution in [0.3, 0.4) is 0 Å². The molecular weight excluding hydrogens is 319 g/mol. The van der Waals surface area contributed by atoms with Gasteiger partial charge >= 0.3 is 0 Å². The summed E-state index contributed by atoms with van der Waals surface area (Å²) in [5, 5.41) is 7.01. The van der Waals surface area contributed by atoms with Crippen LogP contribution in [0.2, 0.25) is 0 Å². The molecule has 16 heavy (non-hydrogen) atoms. The third-order valence-electron chi connectivity index (χ3n) is 1.92. The van der Waals surface area contributed by atoms with Crippen molar-refractivity contribution in [3.8, 4) is 5.75 Å². The summed E-state index contributed by atoms with van der Waals surface area (Å²) in [5.74, 6) is 1.08. The molecule has 0 aliphatic heterocycles. The quantitative estimate of drug-likeness (QED) is 0.494. The molecule has 0 radical (unpaired) electrons. The van der Waals surface area contributed by atoms with Gasteiger partial charge in [0.05, 0.1) is 10.7 Å². The molecule has 5 heteroatoms. The third kappa shape index (κ3) is 3.73. The van der Waals surface area contributed by atoms with Crippen molar-refractivity contribution in [2.45, 2.75) is 6.61 Å². The molecule has 0 heterocycles. The second-order valence-corrected chi connectivity index (χ2v) is 4.16. The van der Waals surface area contributed by atoms with E-state index in [1.165, 1.54) is 0 Å². The Labute approximate surface area is 108 Å². The van der Waals surface area contributed by atoms with Crippen LogP contribution in [-0.4, -0.2) is 13.3 Å².